The summed E-state index contributed by atoms with van der Waals surface area (Å²) < 4.78 is 10.6. The molecule has 1 aromatic carbocycles. The van der Waals surface area contributed by atoms with E-state index in [1.54, 1.807) is 0 Å². The van der Waals surface area contributed by atoms with Crippen LogP contribution in [0.25, 0.3) is 44.6 Å². The Bertz CT molecular complexity index is 1450. The minimum atomic E-state index is -1.83. The summed E-state index contributed by atoms with van der Waals surface area (Å²) in [6.45, 7) is 14.4. The molecule has 0 unspecified atom stereocenters. The van der Waals surface area contributed by atoms with Gasteiger partial charge in [-0.1, -0.05) is 0 Å². The highest BCUT2D eigenvalue weighted by Crippen LogP contribution is 2.44. The molecular formula is C24H26N4Si2. The Morgan fingerprint density at radius 3 is 1.30 bits per heavy atom. The Kier molecular flexibility index (Phi) is 2.72. The summed E-state index contributed by atoms with van der Waals surface area (Å²) >= 11 is 0. The number of aryl methyl sites for hydroxylation is 2. The number of benzene rings is 1. The van der Waals surface area contributed by atoms with Crippen LogP contribution >= 0.6 is 0 Å². The van der Waals surface area contributed by atoms with Crippen LogP contribution in [-0.4, -0.2) is 33.7 Å². The summed E-state index contributed by atoms with van der Waals surface area (Å²) in [5.74, 6) is 0. The Hall–Kier alpha value is -2.71. The van der Waals surface area contributed by atoms with Gasteiger partial charge < -0.3 is 16.9 Å². The monoisotopic (exact) mass is 426 g/mol. The molecule has 0 radical (unpaired) electrons. The maximum atomic E-state index is 2.67. The number of hydrogen-bond acceptors (Lipinski definition) is 0. The number of hydrogen-bond donors (Lipinski definition) is 0. The molecule has 0 saturated carbocycles. The van der Waals surface area contributed by atoms with Crippen LogP contribution in [0, 0.1) is 13.8 Å². The van der Waals surface area contributed by atoms with E-state index in [1.807, 2.05) is 0 Å². The molecule has 150 valence electrons. The molecular weight excluding hydrogens is 400 g/mol. The lowest BCUT2D eigenvalue weighted by Gasteiger charge is -2.25. The highest BCUT2D eigenvalue weighted by Gasteiger charge is 2.42. The van der Waals surface area contributed by atoms with Crippen LogP contribution in [0.5, 0.6) is 0 Å². The highest BCUT2D eigenvalue weighted by atomic mass is 28.4. The number of aromatic nitrogens is 4. The van der Waals surface area contributed by atoms with Crippen LogP contribution in [0.3, 0.4) is 0 Å². The largest absolute Gasteiger partial charge is 0.352 e. The number of nitrogens with zero attached hydrogens (tertiary/aromatic N) is 4. The zero-order valence-corrected chi connectivity index (χ0v) is 20.4. The maximum absolute atomic E-state index is 2.67. The molecule has 4 nitrogen and oxygen atoms in total. The molecule has 0 spiro atoms. The van der Waals surface area contributed by atoms with Crippen molar-refractivity contribution in [2.75, 3.05) is 0 Å². The molecule has 7 rings (SSSR count). The Balaban J connectivity index is 1.57. The number of rotatable bonds is 0. The lowest BCUT2D eigenvalue weighted by atomic mass is 10.2. The second-order valence-corrected chi connectivity index (χ2v) is 17.8. The van der Waals surface area contributed by atoms with Gasteiger partial charge in [-0.15, -0.1) is 0 Å². The zero-order chi connectivity index (χ0) is 20.7. The van der Waals surface area contributed by atoms with Crippen LogP contribution < -0.4 is 0 Å². The fourth-order valence-electron chi connectivity index (χ4n) is 6.60. The topological polar surface area (TPSA) is 19.7 Å². The molecule has 4 aromatic heterocycles. The van der Waals surface area contributed by atoms with Crippen molar-refractivity contribution in [2.24, 2.45) is 0 Å². The van der Waals surface area contributed by atoms with Crippen LogP contribution in [-0.2, 0) is 0 Å². The average Bonchev–Trinajstić information content (AvgIpc) is 3.43. The molecule has 0 aliphatic carbocycles. The molecule has 5 aromatic rings. The van der Waals surface area contributed by atoms with Gasteiger partial charge in [-0.25, -0.2) is 0 Å². The lowest BCUT2D eigenvalue weighted by molar-refractivity contribution is 1.06. The molecule has 0 fully saturated rings. The first-order chi connectivity index (χ1) is 14.2. The summed E-state index contributed by atoms with van der Waals surface area (Å²) in [5, 5.41) is 2.75. The van der Waals surface area contributed by atoms with Gasteiger partial charge in [-0.3, -0.25) is 0 Å². The molecule has 2 aliphatic heterocycles. The third kappa shape index (κ3) is 1.64. The fourth-order valence-corrected chi connectivity index (χ4v) is 13.5. The summed E-state index contributed by atoms with van der Waals surface area (Å²) in [6.07, 6.45) is 0. The van der Waals surface area contributed by atoms with E-state index in [4.69, 9.17) is 0 Å². The van der Waals surface area contributed by atoms with Crippen molar-refractivity contribution < 1.29 is 0 Å². The van der Waals surface area contributed by atoms with E-state index in [1.165, 1.54) is 56.0 Å². The standard InChI is InChI=1S/C24H26N4Si2/c1-15-7-9-19-23-13-17-12-22-18(11-21(17)27(23)29(3,4)25(15)19)14-24-20-10-8-16(2)26(20)30(5,6)28(22)24/h7-14H,1-6H3. The van der Waals surface area contributed by atoms with Gasteiger partial charge in [0.05, 0.1) is 22.8 Å². The van der Waals surface area contributed by atoms with Gasteiger partial charge in [0.15, 0.2) is 0 Å². The fraction of sp³-hybridized carbons (Fsp3) is 0.250. The molecule has 6 heteroatoms. The summed E-state index contributed by atoms with van der Waals surface area (Å²) in [6, 6.07) is 18.9. The van der Waals surface area contributed by atoms with E-state index in [2.05, 4.69) is 105 Å². The third-order valence-electron chi connectivity index (χ3n) is 7.59. The highest BCUT2D eigenvalue weighted by molar-refractivity contribution is 6.78. The van der Waals surface area contributed by atoms with Crippen molar-refractivity contribution in [3.8, 4) is 22.8 Å². The summed E-state index contributed by atoms with van der Waals surface area (Å²) in [7, 11) is -3.65. The molecule has 2 aliphatic rings. The van der Waals surface area contributed by atoms with E-state index in [9.17, 15) is 0 Å². The van der Waals surface area contributed by atoms with Crippen LogP contribution in [0.1, 0.15) is 11.4 Å². The SMILES string of the molecule is Cc1ccc2n1[Si](C)(C)n1c-2cc2cc3c(cc4n3[Si](C)(C)n3c(C)ccc3-4)cc21. The summed E-state index contributed by atoms with van der Waals surface area (Å²) in [5.41, 5.74) is 11.1. The Morgan fingerprint density at radius 2 is 0.900 bits per heavy atom. The smallest absolute Gasteiger partial charge is 0.266 e. The van der Waals surface area contributed by atoms with E-state index >= 15 is 0 Å². The minimum absolute atomic E-state index is 1.38. The van der Waals surface area contributed by atoms with Gasteiger partial charge >= 0.3 is 0 Å². The first-order valence-electron chi connectivity index (χ1n) is 10.8. The molecule has 0 atom stereocenters. The van der Waals surface area contributed by atoms with Crippen LogP contribution in [0.15, 0.2) is 48.5 Å². The van der Waals surface area contributed by atoms with Crippen LogP contribution in [0.4, 0.5) is 0 Å². The minimum Gasteiger partial charge on any atom is -0.352 e. The van der Waals surface area contributed by atoms with Crippen molar-refractivity contribution in [2.45, 2.75) is 40.0 Å². The van der Waals surface area contributed by atoms with E-state index < -0.39 is 16.8 Å². The van der Waals surface area contributed by atoms with Crippen LogP contribution in [0.2, 0.25) is 26.2 Å². The average molecular weight is 427 g/mol. The molecule has 0 bridgehead atoms. The zero-order valence-electron chi connectivity index (χ0n) is 18.4. The third-order valence-corrected chi connectivity index (χ3v) is 14.1. The van der Waals surface area contributed by atoms with Gasteiger partial charge in [0.1, 0.15) is 0 Å². The first-order valence-corrected chi connectivity index (χ1v) is 16.6. The molecule has 0 amide bonds. The first kappa shape index (κ1) is 17.0. The molecule has 30 heavy (non-hydrogen) atoms. The predicted molar refractivity (Wildman–Crippen MR) is 130 cm³/mol. The van der Waals surface area contributed by atoms with Gasteiger partial charge in [0.2, 0.25) is 0 Å². The Labute approximate surface area is 178 Å². The van der Waals surface area contributed by atoms with Crippen molar-refractivity contribution in [1.29, 1.82) is 0 Å². The maximum Gasteiger partial charge on any atom is 0.266 e. The normalized spacial score (nSPS) is 17.5. The van der Waals surface area contributed by atoms with E-state index in [0.29, 0.717) is 0 Å². The van der Waals surface area contributed by atoms with Gasteiger partial charge in [-0.2, -0.15) is 0 Å². The second-order valence-electron chi connectivity index (χ2n) is 10.1. The van der Waals surface area contributed by atoms with Gasteiger partial charge in [0, 0.05) is 33.2 Å². The van der Waals surface area contributed by atoms with Crippen molar-refractivity contribution in [3.05, 3.63) is 59.9 Å². The summed E-state index contributed by atoms with van der Waals surface area (Å²) in [4.78, 5) is 0. The van der Waals surface area contributed by atoms with Crippen molar-refractivity contribution in [1.82, 2.24) is 16.9 Å². The van der Waals surface area contributed by atoms with Gasteiger partial charge in [0.25, 0.3) is 16.8 Å². The molecule has 0 N–H and O–H groups in total. The Morgan fingerprint density at radius 1 is 0.500 bits per heavy atom. The van der Waals surface area contributed by atoms with Crippen molar-refractivity contribution >= 4 is 38.6 Å². The van der Waals surface area contributed by atoms with E-state index in [-0.39, 0.29) is 0 Å². The number of fused-ring (bicyclic) bond motifs is 10. The van der Waals surface area contributed by atoms with Gasteiger partial charge in [-0.05, 0) is 88.6 Å². The van der Waals surface area contributed by atoms with E-state index in [0.717, 1.165) is 0 Å². The lowest BCUT2D eigenvalue weighted by Crippen LogP contribution is -2.42. The van der Waals surface area contributed by atoms with Crippen molar-refractivity contribution in [3.63, 3.8) is 0 Å². The predicted octanol–water partition coefficient (Wildman–Crippen LogP) is 5.97. The molecule has 6 heterocycles. The molecule has 0 saturated heterocycles. The quantitative estimate of drug-likeness (QED) is 0.272. The second kappa shape index (κ2) is 4.78.